The molecule has 0 aliphatic rings. The van der Waals surface area contributed by atoms with Gasteiger partial charge >= 0.3 is 0 Å². The van der Waals surface area contributed by atoms with Crippen molar-refractivity contribution in [2.24, 2.45) is 5.41 Å². The van der Waals surface area contributed by atoms with Crippen LogP contribution in [0.3, 0.4) is 0 Å². The predicted octanol–water partition coefficient (Wildman–Crippen LogP) is 1.62. The summed E-state index contributed by atoms with van der Waals surface area (Å²) in [5.41, 5.74) is -0.116. The van der Waals surface area contributed by atoms with Crippen molar-refractivity contribution >= 4 is 23.3 Å². The van der Waals surface area contributed by atoms with E-state index in [1.54, 1.807) is 38.1 Å². The fraction of sp³-hybridized carbons (Fsp3) is 0.438. The third-order valence-electron chi connectivity index (χ3n) is 3.28. The maximum Gasteiger partial charge on any atom is 0.239 e. The topological polar surface area (TPSA) is 84.5 Å². The van der Waals surface area contributed by atoms with E-state index < -0.39 is 11.3 Å². The summed E-state index contributed by atoms with van der Waals surface area (Å²) in [7, 11) is 1.54. The lowest BCUT2D eigenvalue weighted by atomic mass is 9.91. The molecule has 120 valence electrons. The van der Waals surface area contributed by atoms with Gasteiger partial charge in [-0.1, -0.05) is 0 Å². The van der Waals surface area contributed by atoms with Gasteiger partial charge in [0, 0.05) is 24.9 Å². The molecule has 0 spiro atoms. The molecule has 0 aliphatic carbocycles. The average Bonchev–Trinajstić information content (AvgIpc) is 2.47. The van der Waals surface area contributed by atoms with Gasteiger partial charge in [0.15, 0.2) is 5.78 Å². The van der Waals surface area contributed by atoms with Gasteiger partial charge in [0.2, 0.25) is 11.8 Å². The maximum atomic E-state index is 12.3. The summed E-state index contributed by atoms with van der Waals surface area (Å²) in [5.74, 6) is -0.837. The van der Waals surface area contributed by atoms with Crippen molar-refractivity contribution < 1.29 is 19.1 Å². The van der Waals surface area contributed by atoms with Gasteiger partial charge in [0.25, 0.3) is 0 Å². The molecule has 2 amide bonds. The highest BCUT2D eigenvalue weighted by Gasteiger charge is 2.35. The van der Waals surface area contributed by atoms with E-state index in [-0.39, 0.29) is 11.7 Å². The van der Waals surface area contributed by atoms with Crippen molar-refractivity contribution in [3.05, 3.63) is 29.8 Å². The minimum absolute atomic E-state index is 0.0456. The molecule has 0 aliphatic heterocycles. The first-order valence-electron chi connectivity index (χ1n) is 6.98. The number of ether oxygens (including phenoxy) is 1. The van der Waals surface area contributed by atoms with Crippen LogP contribution in [-0.4, -0.2) is 37.9 Å². The lowest BCUT2D eigenvalue weighted by molar-refractivity contribution is -0.138. The first kappa shape index (κ1) is 17.8. The van der Waals surface area contributed by atoms with E-state index in [9.17, 15) is 14.4 Å². The first-order chi connectivity index (χ1) is 10.3. The molecule has 0 unspecified atom stereocenters. The molecule has 0 saturated carbocycles. The first-order valence-corrected chi connectivity index (χ1v) is 6.98. The van der Waals surface area contributed by atoms with E-state index in [1.165, 1.54) is 14.0 Å². The van der Waals surface area contributed by atoms with E-state index in [0.717, 1.165) is 0 Å². The minimum Gasteiger partial charge on any atom is -0.383 e. The van der Waals surface area contributed by atoms with Gasteiger partial charge < -0.3 is 15.4 Å². The molecule has 1 aromatic rings. The van der Waals surface area contributed by atoms with Gasteiger partial charge in [-0.25, -0.2) is 0 Å². The maximum absolute atomic E-state index is 12.3. The van der Waals surface area contributed by atoms with Crippen molar-refractivity contribution in [1.29, 1.82) is 0 Å². The van der Waals surface area contributed by atoms with Crippen molar-refractivity contribution in [2.75, 3.05) is 25.6 Å². The molecule has 0 saturated heterocycles. The smallest absolute Gasteiger partial charge is 0.239 e. The summed E-state index contributed by atoms with van der Waals surface area (Å²) >= 11 is 0. The fourth-order valence-electron chi connectivity index (χ4n) is 1.67. The van der Waals surface area contributed by atoms with Crippen LogP contribution >= 0.6 is 0 Å². The Kier molecular flexibility index (Phi) is 6.24. The molecule has 1 rings (SSSR count). The fourth-order valence-corrected chi connectivity index (χ4v) is 1.67. The number of carbonyl (C=O) groups is 3. The Labute approximate surface area is 130 Å². The molecule has 22 heavy (non-hydrogen) atoms. The van der Waals surface area contributed by atoms with Crippen molar-refractivity contribution in [3.8, 4) is 0 Å². The Hall–Kier alpha value is -2.21. The molecule has 0 fully saturated rings. The van der Waals surface area contributed by atoms with E-state index in [0.29, 0.717) is 24.4 Å². The Morgan fingerprint density at radius 3 is 2.18 bits per heavy atom. The highest BCUT2D eigenvalue weighted by atomic mass is 16.5. The quantitative estimate of drug-likeness (QED) is 0.455. The van der Waals surface area contributed by atoms with Crippen LogP contribution in [0.2, 0.25) is 0 Å². The molecular weight excluding hydrogens is 284 g/mol. The summed E-state index contributed by atoms with van der Waals surface area (Å²) < 4.78 is 4.85. The Balaban J connectivity index is 2.69. The Bertz CT molecular complexity index is 550. The largest absolute Gasteiger partial charge is 0.383 e. The average molecular weight is 306 g/mol. The molecule has 6 nitrogen and oxygen atoms in total. The highest BCUT2D eigenvalue weighted by molar-refractivity contribution is 6.10. The van der Waals surface area contributed by atoms with Crippen LogP contribution < -0.4 is 10.6 Å². The summed E-state index contributed by atoms with van der Waals surface area (Å²) in [6, 6.07) is 6.52. The summed E-state index contributed by atoms with van der Waals surface area (Å²) in [4.78, 5) is 35.5. The standard InChI is InChI=1S/C16H22N2O4/c1-11(19)12-5-7-13(8-6-12)18-15(21)16(2,3)14(20)17-9-10-22-4/h5-8H,9-10H2,1-4H3,(H,17,20)(H,18,21). The number of nitrogens with one attached hydrogen (secondary N) is 2. The highest BCUT2D eigenvalue weighted by Crippen LogP contribution is 2.19. The predicted molar refractivity (Wildman–Crippen MR) is 83.7 cm³/mol. The molecule has 0 radical (unpaired) electrons. The van der Waals surface area contributed by atoms with Gasteiger partial charge in [-0.15, -0.1) is 0 Å². The molecular formula is C16H22N2O4. The van der Waals surface area contributed by atoms with E-state index >= 15 is 0 Å². The van der Waals surface area contributed by atoms with Gasteiger partial charge in [0.05, 0.1) is 6.61 Å². The van der Waals surface area contributed by atoms with Crippen LogP contribution in [0, 0.1) is 5.41 Å². The molecule has 2 N–H and O–H groups in total. The zero-order valence-corrected chi connectivity index (χ0v) is 13.4. The minimum atomic E-state index is -1.22. The molecule has 6 heteroatoms. The third-order valence-corrected chi connectivity index (χ3v) is 3.28. The summed E-state index contributed by atoms with van der Waals surface area (Å²) in [6.45, 7) is 5.30. The second kappa shape index (κ2) is 7.70. The number of anilines is 1. The van der Waals surface area contributed by atoms with Crippen LogP contribution in [0.5, 0.6) is 0 Å². The van der Waals surface area contributed by atoms with Crippen LogP contribution in [0.4, 0.5) is 5.69 Å². The van der Waals surface area contributed by atoms with Crippen LogP contribution in [0.1, 0.15) is 31.1 Å². The van der Waals surface area contributed by atoms with E-state index in [1.807, 2.05) is 0 Å². The van der Waals surface area contributed by atoms with Gasteiger partial charge in [0.1, 0.15) is 5.41 Å². The number of amides is 2. The number of carbonyl (C=O) groups excluding carboxylic acids is 3. The third kappa shape index (κ3) is 4.66. The van der Waals surface area contributed by atoms with Crippen LogP contribution in [0.25, 0.3) is 0 Å². The van der Waals surface area contributed by atoms with Crippen molar-refractivity contribution in [2.45, 2.75) is 20.8 Å². The lowest BCUT2D eigenvalue weighted by Gasteiger charge is -2.22. The monoisotopic (exact) mass is 306 g/mol. The lowest BCUT2D eigenvalue weighted by Crippen LogP contribution is -2.45. The zero-order chi connectivity index (χ0) is 16.8. The van der Waals surface area contributed by atoms with E-state index in [4.69, 9.17) is 4.74 Å². The second-order valence-electron chi connectivity index (χ2n) is 5.46. The number of Topliss-reactive ketones (excluding diaryl/α,β-unsaturated/α-hetero) is 1. The molecule has 0 aromatic heterocycles. The Morgan fingerprint density at radius 2 is 1.68 bits per heavy atom. The SMILES string of the molecule is COCCNC(=O)C(C)(C)C(=O)Nc1ccc(C(C)=O)cc1. The molecule has 1 aromatic carbocycles. The number of ketones is 1. The number of rotatable bonds is 7. The number of hydrogen-bond acceptors (Lipinski definition) is 4. The van der Waals surface area contributed by atoms with Crippen molar-refractivity contribution in [1.82, 2.24) is 5.32 Å². The molecule has 0 heterocycles. The molecule has 0 atom stereocenters. The van der Waals surface area contributed by atoms with Gasteiger partial charge in [-0.05, 0) is 45.0 Å². The second-order valence-corrected chi connectivity index (χ2v) is 5.46. The number of methoxy groups -OCH3 is 1. The Morgan fingerprint density at radius 1 is 1.09 bits per heavy atom. The van der Waals surface area contributed by atoms with Crippen LogP contribution in [0.15, 0.2) is 24.3 Å². The summed E-state index contributed by atoms with van der Waals surface area (Å²) in [6.07, 6.45) is 0. The van der Waals surface area contributed by atoms with Crippen LogP contribution in [-0.2, 0) is 14.3 Å². The van der Waals surface area contributed by atoms with Gasteiger partial charge in [-0.2, -0.15) is 0 Å². The zero-order valence-electron chi connectivity index (χ0n) is 13.4. The molecule has 0 bridgehead atoms. The summed E-state index contributed by atoms with van der Waals surface area (Å²) in [5, 5.41) is 5.32. The normalized spacial score (nSPS) is 10.9. The van der Waals surface area contributed by atoms with Gasteiger partial charge in [-0.3, -0.25) is 14.4 Å². The van der Waals surface area contributed by atoms with E-state index in [2.05, 4.69) is 10.6 Å². The van der Waals surface area contributed by atoms with Crippen molar-refractivity contribution in [3.63, 3.8) is 0 Å². The number of hydrogen-bond donors (Lipinski definition) is 2. The number of benzene rings is 1.